The van der Waals surface area contributed by atoms with Crippen molar-refractivity contribution in [2.24, 2.45) is 5.73 Å². The molecule has 1 aromatic heterocycles. The third-order valence-electron chi connectivity index (χ3n) is 1.16. The molecule has 4 nitrogen and oxygen atoms in total. The predicted octanol–water partition coefficient (Wildman–Crippen LogP) is 1.12. The zero-order chi connectivity index (χ0) is 8.27. The van der Waals surface area contributed by atoms with Crippen LogP contribution < -0.4 is 5.73 Å². The SMILES string of the molecule is C/C=C/c1nnc([C@H](C)N)o1. The highest BCUT2D eigenvalue weighted by molar-refractivity contribution is 5.35. The standard InChI is InChI=1S/C7H11N3O/c1-3-4-6-9-10-7(11-6)5(2)8/h3-5H,8H2,1-2H3/b4-3+/t5-/m0/s1. The van der Waals surface area contributed by atoms with Gasteiger partial charge in [-0.05, 0) is 19.9 Å². The molecule has 1 aromatic rings. The summed E-state index contributed by atoms with van der Waals surface area (Å²) in [6.07, 6.45) is 3.57. The summed E-state index contributed by atoms with van der Waals surface area (Å²) < 4.78 is 5.15. The molecule has 0 spiro atoms. The minimum Gasteiger partial charge on any atom is -0.420 e. The van der Waals surface area contributed by atoms with Crippen molar-refractivity contribution in [2.45, 2.75) is 19.9 Å². The van der Waals surface area contributed by atoms with Crippen LogP contribution in [0.1, 0.15) is 31.7 Å². The van der Waals surface area contributed by atoms with Gasteiger partial charge in [-0.15, -0.1) is 10.2 Å². The minimum atomic E-state index is -0.193. The number of nitrogens with zero attached hydrogens (tertiary/aromatic N) is 2. The molecule has 0 radical (unpaired) electrons. The van der Waals surface area contributed by atoms with E-state index in [2.05, 4.69) is 10.2 Å². The van der Waals surface area contributed by atoms with Crippen LogP contribution in [0.25, 0.3) is 6.08 Å². The monoisotopic (exact) mass is 153 g/mol. The van der Waals surface area contributed by atoms with E-state index in [4.69, 9.17) is 10.2 Å². The van der Waals surface area contributed by atoms with Gasteiger partial charge in [-0.2, -0.15) is 0 Å². The molecule has 0 bridgehead atoms. The van der Waals surface area contributed by atoms with Gasteiger partial charge < -0.3 is 10.2 Å². The van der Waals surface area contributed by atoms with Gasteiger partial charge in [0.05, 0.1) is 6.04 Å². The maximum absolute atomic E-state index is 5.50. The molecule has 0 aromatic carbocycles. The number of hydrogen-bond acceptors (Lipinski definition) is 4. The summed E-state index contributed by atoms with van der Waals surface area (Å²) in [5, 5.41) is 7.49. The second-order valence-corrected chi connectivity index (χ2v) is 2.27. The number of hydrogen-bond donors (Lipinski definition) is 1. The second kappa shape index (κ2) is 3.30. The summed E-state index contributed by atoms with van der Waals surface area (Å²) in [5.74, 6) is 0.970. The van der Waals surface area contributed by atoms with Crippen molar-refractivity contribution in [3.63, 3.8) is 0 Å². The molecular weight excluding hydrogens is 142 g/mol. The summed E-state index contributed by atoms with van der Waals surface area (Å²) >= 11 is 0. The zero-order valence-electron chi connectivity index (χ0n) is 6.61. The maximum Gasteiger partial charge on any atom is 0.240 e. The van der Waals surface area contributed by atoms with E-state index in [9.17, 15) is 0 Å². The Morgan fingerprint density at radius 1 is 1.55 bits per heavy atom. The molecule has 0 aliphatic rings. The minimum absolute atomic E-state index is 0.193. The summed E-state index contributed by atoms with van der Waals surface area (Å²) in [4.78, 5) is 0. The highest BCUT2D eigenvalue weighted by Gasteiger charge is 2.06. The summed E-state index contributed by atoms with van der Waals surface area (Å²) in [6.45, 7) is 3.68. The predicted molar refractivity (Wildman–Crippen MR) is 41.6 cm³/mol. The van der Waals surface area contributed by atoms with Crippen LogP contribution in [0.2, 0.25) is 0 Å². The van der Waals surface area contributed by atoms with E-state index in [0.717, 1.165) is 0 Å². The van der Waals surface area contributed by atoms with Gasteiger partial charge in [-0.25, -0.2) is 0 Å². The Morgan fingerprint density at radius 2 is 2.27 bits per heavy atom. The van der Waals surface area contributed by atoms with Gasteiger partial charge in [0.2, 0.25) is 11.8 Å². The van der Waals surface area contributed by atoms with E-state index >= 15 is 0 Å². The summed E-state index contributed by atoms with van der Waals surface area (Å²) in [6, 6.07) is -0.193. The Labute approximate surface area is 65.1 Å². The molecule has 11 heavy (non-hydrogen) atoms. The molecule has 0 aliphatic heterocycles. The lowest BCUT2D eigenvalue weighted by Crippen LogP contribution is -2.04. The van der Waals surface area contributed by atoms with Gasteiger partial charge in [-0.3, -0.25) is 0 Å². The van der Waals surface area contributed by atoms with Crippen molar-refractivity contribution < 1.29 is 4.42 Å². The molecule has 1 heterocycles. The van der Waals surface area contributed by atoms with E-state index in [-0.39, 0.29) is 6.04 Å². The molecule has 2 N–H and O–H groups in total. The Bertz CT molecular complexity index is 252. The molecule has 0 amide bonds. The van der Waals surface area contributed by atoms with Crippen molar-refractivity contribution in [3.8, 4) is 0 Å². The molecule has 0 fully saturated rings. The molecular formula is C7H11N3O. The zero-order valence-corrected chi connectivity index (χ0v) is 6.61. The van der Waals surface area contributed by atoms with Gasteiger partial charge in [0.1, 0.15) is 0 Å². The molecule has 1 atom stereocenters. The third kappa shape index (κ3) is 1.88. The van der Waals surface area contributed by atoms with Crippen molar-refractivity contribution >= 4 is 6.08 Å². The van der Waals surface area contributed by atoms with Crippen LogP contribution in [0, 0.1) is 0 Å². The van der Waals surface area contributed by atoms with Crippen LogP contribution in [-0.2, 0) is 0 Å². The number of aromatic nitrogens is 2. The molecule has 0 unspecified atom stereocenters. The van der Waals surface area contributed by atoms with Crippen LogP contribution in [0.3, 0.4) is 0 Å². The molecule has 0 saturated carbocycles. The topological polar surface area (TPSA) is 64.9 Å². The Kier molecular flexibility index (Phi) is 2.38. The van der Waals surface area contributed by atoms with E-state index < -0.39 is 0 Å². The Balaban J connectivity index is 2.81. The lowest BCUT2D eigenvalue weighted by Gasteiger charge is -1.93. The van der Waals surface area contributed by atoms with Gasteiger partial charge >= 0.3 is 0 Å². The Morgan fingerprint density at radius 3 is 2.73 bits per heavy atom. The number of rotatable bonds is 2. The maximum atomic E-state index is 5.50. The molecule has 0 saturated heterocycles. The average molecular weight is 153 g/mol. The lowest BCUT2D eigenvalue weighted by atomic mass is 10.4. The quantitative estimate of drug-likeness (QED) is 0.691. The van der Waals surface area contributed by atoms with Crippen LogP contribution in [-0.4, -0.2) is 10.2 Å². The van der Waals surface area contributed by atoms with Gasteiger partial charge in [0.25, 0.3) is 0 Å². The first-order valence-corrected chi connectivity index (χ1v) is 3.45. The second-order valence-electron chi connectivity index (χ2n) is 2.27. The fraction of sp³-hybridized carbons (Fsp3) is 0.429. The highest BCUT2D eigenvalue weighted by atomic mass is 16.4. The fourth-order valence-electron chi connectivity index (χ4n) is 0.640. The van der Waals surface area contributed by atoms with Gasteiger partial charge in [-0.1, -0.05) is 6.08 Å². The van der Waals surface area contributed by atoms with Gasteiger partial charge in [0, 0.05) is 0 Å². The Hall–Kier alpha value is -1.16. The van der Waals surface area contributed by atoms with E-state index in [0.29, 0.717) is 11.8 Å². The van der Waals surface area contributed by atoms with Gasteiger partial charge in [0.15, 0.2) is 0 Å². The van der Waals surface area contributed by atoms with Crippen molar-refractivity contribution in [2.75, 3.05) is 0 Å². The highest BCUT2D eigenvalue weighted by Crippen LogP contribution is 2.07. The van der Waals surface area contributed by atoms with Crippen LogP contribution in [0.15, 0.2) is 10.5 Å². The summed E-state index contributed by atoms with van der Waals surface area (Å²) in [5.41, 5.74) is 5.50. The van der Waals surface area contributed by atoms with E-state index in [1.807, 2.05) is 13.0 Å². The molecule has 1 rings (SSSR count). The van der Waals surface area contributed by atoms with E-state index in [1.54, 1.807) is 13.0 Å². The normalized spacial score (nSPS) is 14.1. The molecule has 0 aliphatic carbocycles. The van der Waals surface area contributed by atoms with Crippen LogP contribution >= 0.6 is 0 Å². The molecule has 4 heteroatoms. The summed E-state index contributed by atoms with van der Waals surface area (Å²) in [7, 11) is 0. The van der Waals surface area contributed by atoms with Crippen LogP contribution in [0.5, 0.6) is 0 Å². The van der Waals surface area contributed by atoms with Crippen molar-refractivity contribution in [1.82, 2.24) is 10.2 Å². The first-order valence-electron chi connectivity index (χ1n) is 3.45. The van der Waals surface area contributed by atoms with Crippen LogP contribution in [0.4, 0.5) is 0 Å². The fourth-order valence-corrected chi connectivity index (χ4v) is 0.640. The van der Waals surface area contributed by atoms with Crippen molar-refractivity contribution in [1.29, 1.82) is 0 Å². The van der Waals surface area contributed by atoms with Crippen molar-refractivity contribution in [3.05, 3.63) is 17.9 Å². The first kappa shape index (κ1) is 7.94. The number of nitrogens with two attached hydrogens (primary N) is 1. The van der Waals surface area contributed by atoms with E-state index in [1.165, 1.54) is 0 Å². The first-order chi connectivity index (χ1) is 5.24. The third-order valence-corrected chi connectivity index (χ3v) is 1.16. The lowest BCUT2D eigenvalue weighted by molar-refractivity contribution is 0.456. The largest absolute Gasteiger partial charge is 0.420 e. The number of allylic oxidation sites excluding steroid dienone is 1. The molecule has 60 valence electrons. The average Bonchev–Trinajstić information content (AvgIpc) is 2.37. The smallest absolute Gasteiger partial charge is 0.240 e.